The summed E-state index contributed by atoms with van der Waals surface area (Å²) in [5.74, 6) is 0.179. The lowest BCUT2D eigenvalue weighted by Crippen LogP contribution is -1.96. The smallest absolute Gasteiger partial charge is 0.118 e. The van der Waals surface area contributed by atoms with Crippen LogP contribution in [0.1, 0.15) is 27.2 Å². The van der Waals surface area contributed by atoms with Gasteiger partial charge in [-0.3, -0.25) is 0 Å². The average Bonchev–Trinajstić information content (AvgIpc) is 2.23. The van der Waals surface area contributed by atoms with E-state index in [0.29, 0.717) is 5.47 Å². The minimum absolute atomic E-state index is 0.00262. The molecule has 0 saturated carbocycles. The molecule has 0 aromatic rings. The maximum Gasteiger partial charge on any atom is 0.118 e. The zero-order chi connectivity index (χ0) is 13.4. The highest BCUT2D eigenvalue weighted by Gasteiger charge is 2.02. The molecule has 2 radical (unpaired) electrons. The van der Waals surface area contributed by atoms with Crippen molar-refractivity contribution in [3.63, 3.8) is 0 Å². The van der Waals surface area contributed by atoms with Gasteiger partial charge in [-0.1, -0.05) is 46.1 Å². The van der Waals surface area contributed by atoms with Gasteiger partial charge in [0.15, 0.2) is 0 Å². The molecule has 0 aliphatic carbocycles. The first-order valence-corrected chi connectivity index (χ1v) is 6.37. The van der Waals surface area contributed by atoms with Crippen molar-refractivity contribution in [2.75, 3.05) is 0 Å². The third-order valence-electron chi connectivity index (χ3n) is 2.13. The van der Waals surface area contributed by atoms with Gasteiger partial charge in [-0.05, 0) is 32.4 Å². The van der Waals surface area contributed by atoms with Gasteiger partial charge in [-0.25, -0.2) is 0 Å². The molecule has 0 aromatic heterocycles. The van der Waals surface area contributed by atoms with E-state index >= 15 is 0 Å². The van der Waals surface area contributed by atoms with Crippen molar-refractivity contribution in [1.82, 2.24) is 0 Å². The first-order chi connectivity index (χ1) is 7.90. The molecule has 2 nitrogen and oxygen atoms in total. The van der Waals surface area contributed by atoms with Crippen molar-refractivity contribution in [3.8, 4) is 0 Å². The normalized spacial score (nSPS) is 17.2. The first kappa shape index (κ1) is 16.1. The van der Waals surface area contributed by atoms with Gasteiger partial charge in [-0.15, -0.1) is 0 Å². The van der Waals surface area contributed by atoms with E-state index in [1.165, 1.54) is 6.08 Å². The number of hydrogen-bond donors (Lipinski definition) is 2. The number of aliphatic hydroxyl groups is 2. The van der Waals surface area contributed by atoms with Crippen LogP contribution in [0.3, 0.4) is 0 Å². The Labute approximate surface area is 113 Å². The number of allylic oxidation sites excluding steroid dienone is 7. The van der Waals surface area contributed by atoms with Gasteiger partial charge in [0.2, 0.25) is 0 Å². The molecule has 2 N–H and O–H groups in total. The van der Waals surface area contributed by atoms with E-state index in [4.69, 9.17) is 13.0 Å². The fourth-order valence-electron chi connectivity index (χ4n) is 1.19. The summed E-state index contributed by atoms with van der Waals surface area (Å²) in [6.45, 7) is 5.51. The Hall–Kier alpha value is -0.895. The highest BCUT2D eigenvalue weighted by atomic mass is 79.9. The summed E-state index contributed by atoms with van der Waals surface area (Å²) >= 11 is 3.28. The molecule has 0 aromatic carbocycles. The summed E-state index contributed by atoms with van der Waals surface area (Å²) < 4.78 is 0. The Morgan fingerprint density at radius 3 is 2.35 bits per heavy atom. The van der Waals surface area contributed by atoms with Gasteiger partial charge in [0.05, 0.1) is 10.6 Å². The lowest BCUT2D eigenvalue weighted by molar-refractivity contribution is 0.411. The molecule has 0 rings (SSSR count). The SMILES string of the molecule is [B]C(=C\C(=C\C)CC)/C(O)=C\C(Br)C=C(C)O. The van der Waals surface area contributed by atoms with Crippen LogP contribution in [0.2, 0.25) is 0 Å². The summed E-state index contributed by atoms with van der Waals surface area (Å²) in [6.07, 6.45) is 7.62. The van der Waals surface area contributed by atoms with Crippen LogP contribution in [0.25, 0.3) is 0 Å². The van der Waals surface area contributed by atoms with E-state index in [9.17, 15) is 5.11 Å². The molecule has 17 heavy (non-hydrogen) atoms. The molecular formula is C13H18BBrO2. The molecule has 92 valence electrons. The van der Waals surface area contributed by atoms with Crippen LogP contribution in [-0.2, 0) is 0 Å². The van der Waals surface area contributed by atoms with Gasteiger partial charge in [-0.2, -0.15) is 0 Å². The van der Waals surface area contributed by atoms with Crippen molar-refractivity contribution in [1.29, 1.82) is 0 Å². The largest absolute Gasteiger partial charge is 0.513 e. The zero-order valence-corrected chi connectivity index (χ0v) is 12.0. The topological polar surface area (TPSA) is 40.5 Å². The molecule has 4 heteroatoms. The van der Waals surface area contributed by atoms with Crippen LogP contribution < -0.4 is 0 Å². The molecule has 0 heterocycles. The number of hydrogen-bond acceptors (Lipinski definition) is 2. The van der Waals surface area contributed by atoms with Gasteiger partial charge in [0.25, 0.3) is 0 Å². The Balaban J connectivity index is 4.87. The van der Waals surface area contributed by atoms with Crippen molar-refractivity contribution >= 4 is 23.8 Å². The third-order valence-corrected chi connectivity index (χ3v) is 2.66. The van der Waals surface area contributed by atoms with Gasteiger partial charge in [0, 0.05) is 0 Å². The van der Waals surface area contributed by atoms with E-state index in [2.05, 4.69) is 15.9 Å². The molecule has 0 spiro atoms. The Kier molecular flexibility index (Phi) is 7.80. The molecule has 1 unspecified atom stereocenters. The molecule has 0 amide bonds. The predicted octanol–water partition coefficient (Wildman–Crippen LogP) is 4.06. The zero-order valence-electron chi connectivity index (χ0n) is 10.4. The van der Waals surface area contributed by atoms with E-state index < -0.39 is 0 Å². The Bertz CT molecular complexity index is 364. The quantitative estimate of drug-likeness (QED) is 0.348. The lowest BCUT2D eigenvalue weighted by atomic mass is 9.90. The van der Waals surface area contributed by atoms with Crippen LogP contribution in [0.4, 0.5) is 0 Å². The van der Waals surface area contributed by atoms with E-state index in [1.54, 1.807) is 19.1 Å². The number of rotatable bonds is 5. The first-order valence-electron chi connectivity index (χ1n) is 5.45. The van der Waals surface area contributed by atoms with E-state index in [0.717, 1.165) is 12.0 Å². The van der Waals surface area contributed by atoms with Crippen molar-refractivity contribution < 1.29 is 10.2 Å². The standard InChI is InChI=1S/C13H18BBrO2/c1-4-10(5-2)7-12(14)13(17)8-11(15)6-9(3)16/h4,6-8,11,16-17H,5H2,1-3H3/b9-6?,10-4+,12-7-,13-8+. The second-order valence-corrected chi connectivity index (χ2v) is 4.68. The predicted molar refractivity (Wildman–Crippen MR) is 77.7 cm³/mol. The van der Waals surface area contributed by atoms with Crippen LogP contribution in [0, 0.1) is 0 Å². The average molecular weight is 297 g/mol. The molecule has 1 atom stereocenters. The summed E-state index contributed by atoms with van der Waals surface area (Å²) in [5, 5.41) is 18.8. The van der Waals surface area contributed by atoms with Gasteiger partial charge in [0.1, 0.15) is 13.6 Å². The fourth-order valence-corrected chi connectivity index (χ4v) is 1.82. The van der Waals surface area contributed by atoms with Crippen LogP contribution in [-0.4, -0.2) is 22.9 Å². The Morgan fingerprint density at radius 2 is 1.94 bits per heavy atom. The third kappa shape index (κ3) is 7.11. The second kappa shape index (κ2) is 8.23. The highest BCUT2D eigenvalue weighted by molar-refractivity contribution is 9.09. The van der Waals surface area contributed by atoms with Crippen LogP contribution in [0.5, 0.6) is 0 Å². The summed E-state index contributed by atoms with van der Waals surface area (Å²) in [6, 6.07) is 0. The summed E-state index contributed by atoms with van der Waals surface area (Å²) in [5.41, 5.74) is 1.37. The van der Waals surface area contributed by atoms with E-state index in [1.807, 2.05) is 19.9 Å². The van der Waals surface area contributed by atoms with Crippen molar-refractivity contribution in [3.05, 3.63) is 46.9 Å². The molecule has 0 saturated heterocycles. The second-order valence-electron chi connectivity index (χ2n) is 3.62. The molecular weight excluding hydrogens is 279 g/mol. The maximum atomic E-state index is 9.74. The number of alkyl halides is 1. The van der Waals surface area contributed by atoms with Crippen LogP contribution in [0.15, 0.2) is 46.9 Å². The fraction of sp³-hybridized carbons (Fsp3) is 0.385. The Morgan fingerprint density at radius 1 is 1.35 bits per heavy atom. The lowest BCUT2D eigenvalue weighted by Gasteiger charge is -2.05. The van der Waals surface area contributed by atoms with Gasteiger partial charge >= 0.3 is 0 Å². The number of aliphatic hydroxyl groups excluding tert-OH is 2. The minimum Gasteiger partial charge on any atom is -0.513 e. The summed E-state index contributed by atoms with van der Waals surface area (Å²) in [4.78, 5) is -0.255. The molecule has 0 aliphatic rings. The monoisotopic (exact) mass is 296 g/mol. The van der Waals surface area contributed by atoms with Crippen LogP contribution >= 0.6 is 15.9 Å². The van der Waals surface area contributed by atoms with E-state index in [-0.39, 0.29) is 16.3 Å². The summed E-state index contributed by atoms with van der Waals surface area (Å²) in [7, 11) is 5.75. The maximum absolute atomic E-state index is 9.74. The molecule has 0 aliphatic heterocycles. The number of halogens is 1. The minimum atomic E-state index is -0.255. The van der Waals surface area contributed by atoms with Gasteiger partial charge < -0.3 is 10.2 Å². The van der Waals surface area contributed by atoms with Crippen molar-refractivity contribution in [2.45, 2.75) is 32.0 Å². The van der Waals surface area contributed by atoms with Crippen molar-refractivity contribution in [2.24, 2.45) is 0 Å². The molecule has 0 bridgehead atoms. The highest BCUT2D eigenvalue weighted by Crippen LogP contribution is 2.14. The molecule has 0 fully saturated rings.